The summed E-state index contributed by atoms with van der Waals surface area (Å²) in [4.78, 5) is 12.3. The average molecular weight is 402 g/mol. The highest BCUT2D eigenvalue weighted by atomic mass is 16.6. The zero-order chi connectivity index (χ0) is 21.1. The monoisotopic (exact) mass is 401 g/mol. The van der Waals surface area contributed by atoms with Crippen molar-refractivity contribution in [1.29, 1.82) is 0 Å². The van der Waals surface area contributed by atoms with E-state index in [0.717, 1.165) is 56.1 Å². The number of carbonyl (C=O) groups is 1. The predicted octanol–water partition coefficient (Wildman–Crippen LogP) is 5.63. The number of aliphatic hydroxyl groups is 1. The van der Waals surface area contributed by atoms with Crippen molar-refractivity contribution in [3.63, 3.8) is 0 Å². The molecule has 0 saturated heterocycles. The van der Waals surface area contributed by atoms with Gasteiger partial charge in [0.05, 0.1) is 6.26 Å². The first-order valence-corrected chi connectivity index (χ1v) is 10.8. The van der Waals surface area contributed by atoms with E-state index in [2.05, 4.69) is 37.9 Å². The summed E-state index contributed by atoms with van der Waals surface area (Å²) in [6.45, 7) is 8.44. The zero-order valence-electron chi connectivity index (χ0n) is 17.8. The molecule has 0 bridgehead atoms. The molecule has 160 valence electrons. The largest absolute Gasteiger partial charge is 0.465 e. The maximum atomic E-state index is 12.3. The van der Waals surface area contributed by atoms with Crippen molar-refractivity contribution in [3.05, 3.63) is 47.7 Å². The van der Waals surface area contributed by atoms with Crippen LogP contribution in [0.2, 0.25) is 0 Å². The van der Waals surface area contributed by atoms with Crippen molar-refractivity contribution in [1.82, 2.24) is 5.32 Å². The lowest BCUT2D eigenvalue weighted by molar-refractivity contribution is 0.198. The summed E-state index contributed by atoms with van der Waals surface area (Å²) in [5, 5.41) is 11.6. The summed E-state index contributed by atoms with van der Waals surface area (Å²) in [5.74, 6) is 1.40. The summed E-state index contributed by atoms with van der Waals surface area (Å²) in [6, 6.07) is 4.03. The number of benzene rings is 1. The fraction of sp³-hybridized carbons (Fsp3) is 0.542. The van der Waals surface area contributed by atoms with Crippen LogP contribution < -0.4 is 14.8 Å². The smallest absolute Gasteiger partial charge is 0.412 e. The molecule has 1 aliphatic rings. The Hall–Kier alpha value is -2.27. The standard InChI is InChI=1S/C24H35NO4/c1-4-6-7-11-19-16-21(28-5-2)23(20-12-8-10-18(3)15-20)22(17-19)29-24(27)25-13-9-14-26/h5,15-17,20,26H,2,4,6-14H2,1,3H3,(H,25,27). The third kappa shape index (κ3) is 7.24. The van der Waals surface area contributed by atoms with Gasteiger partial charge in [-0.3, -0.25) is 0 Å². The molecule has 29 heavy (non-hydrogen) atoms. The van der Waals surface area contributed by atoms with Crippen molar-refractivity contribution >= 4 is 6.09 Å². The van der Waals surface area contributed by atoms with Crippen LogP contribution in [0.4, 0.5) is 4.79 Å². The van der Waals surface area contributed by atoms with Gasteiger partial charge in [-0.25, -0.2) is 4.79 Å². The molecule has 1 aliphatic carbocycles. The lowest BCUT2D eigenvalue weighted by Gasteiger charge is -2.25. The number of unbranched alkanes of at least 4 members (excludes halogenated alkanes) is 2. The number of hydrogen-bond acceptors (Lipinski definition) is 4. The van der Waals surface area contributed by atoms with Crippen LogP contribution >= 0.6 is 0 Å². The molecule has 0 spiro atoms. The molecule has 0 fully saturated rings. The van der Waals surface area contributed by atoms with Crippen LogP contribution in [0.1, 0.15) is 75.8 Å². The molecule has 1 aromatic carbocycles. The fourth-order valence-corrected chi connectivity index (χ4v) is 3.76. The first-order valence-electron chi connectivity index (χ1n) is 10.8. The van der Waals surface area contributed by atoms with Crippen molar-refractivity contribution < 1.29 is 19.4 Å². The molecule has 0 aromatic heterocycles. The van der Waals surface area contributed by atoms with E-state index < -0.39 is 6.09 Å². The number of carbonyl (C=O) groups excluding carboxylic acids is 1. The highest BCUT2D eigenvalue weighted by Crippen LogP contribution is 2.43. The highest BCUT2D eigenvalue weighted by molar-refractivity contribution is 5.72. The minimum absolute atomic E-state index is 0.0297. The zero-order valence-corrected chi connectivity index (χ0v) is 17.8. The fourth-order valence-electron chi connectivity index (χ4n) is 3.76. The molecule has 0 aliphatic heterocycles. The van der Waals surface area contributed by atoms with Gasteiger partial charge in [0.15, 0.2) is 0 Å². The number of rotatable bonds is 11. The second kappa shape index (κ2) is 12.3. The van der Waals surface area contributed by atoms with Crippen molar-refractivity contribution in [2.75, 3.05) is 13.2 Å². The topological polar surface area (TPSA) is 67.8 Å². The van der Waals surface area contributed by atoms with Gasteiger partial charge in [-0.15, -0.1) is 0 Å². The Morgan fingerprint density at radius 2 is 2.10 bits per heavy atom. The molecule has 1 aromatic rings. The molecule has 2 N–H and O–H groups in total. The van der Waals surface area contributed by atoms with Gasteiger partial charge in [-0.05, 0) is 63.1 Å². The number of hydrogen-bond donors (Lipinski definition) is 2. The quantitative estimate of drug-likeness (QED) is 0.287. The molecule has 1 amide bonds. The molecule has 1 unspecified atom stereocenters. The molecule has 5 heteroatoms. The normalized spacial score (nSPS) is 16.1. The summed E-state index contributed by atoms with van der Waals surface area (Å²) in [6.07, 6.45) is 11.1. The minimum Gasteiger partial charge on any atom is -0.465 e. The number of ether oxygens (including phenoxy) is 2. The van der Waals surface area contributed by atoms with Crippen LogP contribution in [0.5, 0.6) is 11.5 Å². The first kappa shape index (κ1) is 23.0. The van der Waals surface area contributed by atoms with Crippen molar-refractivity contribution in [3.8, 4) is 11.5 Å². The van der Waals surface area contributed by atoms with E-state index in [0.29, 0.717) is 24.5 Å². The number of nitrogens with one attached hydrogen (secondary N) is 1. The summed E-state index contributed by atoms with van der Waals surface area (Å²) < 4.78 is 11.5. The first-order chi connectivity index (χ1) is 14.1. The Labute approximate surface area is 174 Å². The number of allylic oxidation sites excluding steroid dienone is 2. The van der Waals surface area contributed by atoms with Gasteiger partial charge in [0.2, 0.25) is 0 Å². The molecule has 2 rings (SSSR count). The Morgan fingerprint density at radius 3 is 2.79 bits per heavy atom. The van der Waals surface area contributed by atoms with Crippen LogP contribution in [0.25, 0.3) is 0 Å². The van der Waals surface area contributed by atoms with Crippen LogP contribution in [0.15, 0.2) is 36.6 Å². The third-order valence-electron chi connectivity index (χ3n) is 5.19. The van der Waals surface area contributed by atoms with E-state index in [9.17, 15) is 4.79 Å². The minimum atomic E-state index is -0.508. The maximum Gasteiger partial charge on any atom is 0.412 e. The van der Waals surface area contributed by atoms with E-state index in [-0.39, 0.29) is 12.5 Å². The lowest BCUT2D eigenvalue weighted by Crippen LogP contribution is -2.28. The molecule has 5 nitrogen and oxygen atoms in total. The van der Waals surface area contributed by atoms with Crippen LogP contribution in [0.3, 0.4) is 0 Å². The molecular weight excluding hydrogens is 366 g/mol. The van der Waals surface area contributed by atoms with Crippen LogP contribution in [0, 0.1) is 0 Å². The Morgan fingerprint density at radius 1 is 1.31 bits per heavy atom. The van der Waals surface area contributed by atoms with Crippen LogP contribution in [-0.4, -0.2) is 24.4 Å². The van der Waals surface area contributed by atoms with Gasteiger partial charge in [0.1, 0.15) is 11.5 Å². The molecule has 0 heterocycles. The van der Waals surface area contributed by atoms with E-state index in [1.165, 1.54) is 11.8 Å². The molecule has 1 atom stereocenters. The van der Waals surface area contributed by atoms with Crippen LogP contribution in [-0.2, 0) is 6.42 Å². The Bertz CT molecular complexity index is 711. The SMILES string of the molecule is C=COc1cc(CCCCC)cc(OC(=O)NCCCO)c1C1C=C(C)CCC1. The highest BCUT2D eigenvalue weighted by Gasteiger charge is 2.24. The Kier molecular flexibility index (Phi) is 9.78. The second-order valence-corrected chi connectivity index (χ2v) is 7.65. The maximum absolute atomic E-state index is 12.3. The third-order valence-corrected chi connectivity index (χ3v) is 5.19. The lowest BCUT2D eigenvalue weighted by atomic mass is 9.84. The summed E-state index contributed by atoms with van der Waals surface area (Å²) in [5.41, 5.74) is 3.34. The summed E-state index contributed by atoms with van der Waals surface area (Å²) >= 11 is 0. The second-order valence-electron chi connectivity index (χ2n) is 7.65. The number of amides is 1. The Balaban J connectivity index is 2.38. The van der Waals surface area contributed by atoms with Gasteiger partial charge < -0.3 is 19.9 Å². The van der Waals surface area contributed by atoms with E-state index >= 15 is 0 Å². The van der Waals surface area contributed by atoms with Gasteiger partial charge in [-0.2, -0.15) is 0 Å². The molecule has 0 saturated carbocycles. The van der Waals surface area contributed by atoms with Crippen molar-refractivity contribution in [2.24, 2.45) is 0 Å². The van der Waals surface area contributed by atoms with E-state index in [4.69, 9.17) is 14.6 Å². The van der Waals surface area contributed by atoms with E-state index in [1.54, 1.807) is 0 Å². The predicted molar refractivity (Wildman–Crippen MR) is 117 cm³/mol. The van der Waals surface area contributed by atoms with Gasteiger partial charge in [0.25, 0.3) is 0 Å². The van der Waals surface area contributed by atoms with Gasteiger partial charge in [-0.1, -0.05) is 38.0 Å². The number of aryl methyl sites for hydroxylation is 1. The van der Waals surface area contributed by atoms with Crippen molar-refractivity contribution in [2.45, 2.75) is 71.1 Å². The summed E-state index contributed by atoms with van der Waals surface area (Å²) in [7, 11) is 0. The van der Waals surface area contributed by atoms with Gasteiger partial charge in [0, 0.05) is 24.6 Å². The number of aliphatic hydroxyl groups excluding tert-OH is 1. The molecular formula is C24H35NO4. The van der Waals surface area contributed by atoms with E-state index in [1.807, 2.05) is 6.07 Å². The molecule has 0 radical (unpaired) electrons. The average Bonchev–Trinajstić information content (AvgIpc) is 2.68. The van der Waals surface area contributed by atoms with Gasteiger partial charge >= 0.3 is 6.09 Å².